The van der Waals surface area contributed by atoms with Gasteiger partial charge in [-0.2, -0.15) is 5.26 Å². The highest BCUT2D eigenvalue weighted by Crippen LogP contribution is 2.31. The lowest BCUT2D eigenvalue weighted by atomic mass is 10.1. The van der Waals surface area contributed by atoms with E-state index in [1.165, 1.54) is 11.3 Å². The molecule has 3 rings (SSSR count). The largest absolute Gasteiger partial charge is 0.369 e. The number of fused-ring (bicyclic) bond motifs is 1. The normalized spacial score (nSPS) is 10.7. The first-order chi connectivity index (χ1) is 10.7. The number of nitrogens with zero attached hydrogens (tertiary/aromatic N) is 3. The van der Waals surface area contributed by atoms with Crippen molar-refractivity contribution in [3.05, 3.63) is 40.8 Å². The number of amides is 1. The van der Waals surface area contributed by atoms with E-state index in [2.05, 4.69) is 15.6 Å². The molecule has 2 aromatic heterocycles. The molecule has 2 N–H and O–H groups in total. The molecular weight excluding hydrogens is 296 g/mol. The Morgan fingerprint density at radius 3 is 3.00 bits per heavy atom. The van der Waals surface area contributed by atoms with Crippen molar-refractivity contribution in [1.82, 2.24) is 9.55 Å². The van der Waals surface area contributed by atoms with Gasteiger partial charge < -0.3 is 10.3 Å². The maximum Gasteiger partial charge on any atom is 0.224 e. The van der Waals surface area contributed by atoms with E-state index in [4.69, 9.17) is 11.0 Å². The van der Waals surface area contributed by atoms with Gasteiger partial charge in [0, 0.05) is 34.6 Å². The molecule has 22 heavy (non-hydrogen) atoms. The average molecular weight is 310 g/mol. The van der Waals surface area contributed by atoms with Crippen molar-refractivity contribution in [3.8, 4) is 17.3 Å². The van der Waals surface area contributed by atoms with Gasteiger partial charge in [-0.15, -0.1) is 11.3 Å². The molecule has 2 heterocycles. The van der Waals surface area contributed by atoms with Crippen molar-refractivity contribution in [3.63, 3.8) is 0 Å². The lowest BCUT2D eigenvalue weighted by molar-refractivity contribution is -0.117. The summed E-state index contributed by atoms with van der Waals surface area (Å²) in [6.07, 6.45) is 2.64. The van der Waals surface area contributed by atoms with Crippen LogP contribution in [0.3, 0.4) is 0 Å². The summed E-state index contributed by atoms with van der Waals surface area (Å²) in [7, 11) is 0. The number of rotatable bonds is 5. The van der Waals surface area contributed by atoms with Crippen LogP contribution in [0.2, 0.25) is 0 Å². The molecule has 1 aromatic carbocycles. The Kier molecular flexibility index (Phi) is 3.90. The summed E-state index contributed by atoms with van der Waals surface area (Å²) in [5.74, 6) is -0.377. The molecule has 0 saturated heterocycles. The molecule has 0 saturated carbocycles. The summed E-state index contributed by atoms with van der Waals surface area (Å²) in [6.45, 7) is 0.648. The molecule has 6 heteroatoms. The van der Waals surface area contributed by atoms with E-state index in [1.54, 1.807) is 0 Å². The SMILES string of the molecule is N#CCCn1cc(-c2csc(CC(N)=O)n2)c2ccccc21. The third-order valence-electron chi connectivity index (χ3n) is 3.41. The maximum atomic E-state index is 11.0. The number of aromatic nitrogens is 2. The Morgan fingerprint density at radius 2 is 2.23 bits per heavy atom. The van der Waals surface area contributed by atoms with E-state index in [-0.39, 0.29) is 12.3 Å². The molecule has 0 unspecified atom stereocenters. The molecular formula is C16H14N4OS. The minimum atomic E-state index is -0.377. The first-order valence-corrected chi connectivity index (χ1v) is 7.75. The van der Waals surface area contributed by atoms with Crippen LogP contribution in [0.15, 0.2) is 35.8 Å². The Hall–Kier alpha value is -2.65. The summed E-state index contributed by atoms with van der Waals surface area (Å²) in [5.41, 5.74) is 8.15. The molecule has 0 atom stereocenters. The predicted molar refractivity (Wildman–Crippen MR) is 86.2 cm³/mol. The van der Waals surface area contributed by atoms with Gasteiger partial charge in [-0.05, 0) is 6.07 Å². The number of hydrogen-bond donors (Lipinski definition) is 1. The highest BCUT2D eigenvalue weighted by atomic mass is 32.1. The predicted octanol–water partition coefficient (Wildman–Crippen LogP) is 2.71. The van der Waals surface area contributed by atoms with Crippen LogP contribution in [0.5, 0.6) is 0 Å². The van der Waals surface area contributed by atoms with Gasteiger partial charge in [0.1, 0.15) is 5.01 Å². The number of para-hydroxylation sites is 1. The summed E-state index contributed by atoms with van der Waals surface area (Å²) in [6, 6.07) is 10.2. The number of carbonyl (C=O) groups is 1. The van der Waals surface area contributed by atoms with Crippen LogP contribution in [-0.4, -0.2) is 15.5 Å². The summed E-state index contributed by atoms with van der Waals surface area (Å²) in [5, 5.41) is 12.5. The highest BCUT2D eigenvalue weighted by Gasteiger charge is 2.13. The van der Waals surface area contributed by atoms with E-state index >= 15 is 0 Å². The van der Waals surface area contributed by atoms with Crippen molar-refractivity contribution >= 4 is 28.1 Å². The van der Waals surface area contributed by atoms with Crippen LogP contribution >= 0.6 is 11.3 Å². The summed E-state index contributed by atoms with van der Waals surface area (Å²) >= 11 is 1.43. The first-order valence-electron chi connectivity index (χ1n) is 6.87. The second-order valence-corrected chi connectivity index (χ2v) is 5.87. The number of primary amides is 1. The van der Waals surface area contributed by atoms with Crippen LogP contribution in [0.25, 0.3) is 22.2 Å². The number of nitrogens with two attached hydrogens (primary N) is 1. The zero-order chi connectivity index (χ0) is 15.5. The highest BCUT2D eigenvalue weighted by molar-refractivity contribution is 7.10. The standard InChI is InChI=1S/C16H14N4OS/c17-6-3-7-20-9-12(11-4-1-2-5-14(11)20)13-10-22-16(19-13)8-15(18)21/h1-2,4-5,9-10H,3,7-8H2,(H2,18,21). The lowest BCUT2D eigenvalue weighted by Crippen LogP contribution is -2.13. The second kappa shape index (κ2) is 6.00. The molecule has 0 radical (unpaired) electrons. The van der Waals surface area contributed by atoms with Gasteiger partial charge in [-0.25, -0.2) is 4.98 Å². The molecule has 1 amide bonds. The van der Waals surface area contributed by atoms with Gasteiger partial charge in [-0.3, -0.25) is 4.79 Å². The van der Waals surface area contributed by atoms with E-state index in [0.717, 1.165) is 27.2 Å². The van der Waals surface area contributed by atoms with Gasteiger partial charge in [0.05, 0.1) is 24.6 Å². The van der Waals surface area contributed by atoms with Crippen LogP contribution in [0, 0.1) is 11.3 Å². The van der Waals surface area contributed by atoms with E-state index in [9.17, 15) is 4.79 Å². The van der Waals surface area contributed by atoms with Crippen molar-refractivity contribution in [1.29, 1.82) is 5.26 Å². The molecule has 110 valence electrons. The average Bonchev–Trinajstić information content (AvgIpc) is 3.09. The third-order valence-corrected chi connectivity index (χ3v) is 4.26. The van der Waals surface area contributed by atoms with Crippen LogP contribution in [0.1, 0.15) is 11.4 Å². The summed E-state index contributed by atoms with van der Waals surface area (Å²) in [4.78, 5) is 15.5. The Morgan fingerprint density at radius 1 is 1.41 bits per heavy atom. The molecule has 0 spiro atoms. The van der Waals surface area contributed by atoms with E-state index in [1.807, 2.05) is 35.8 Å². The van der Waals surface area contributed by atoms with Gasteiger partial charge in [0.15, 0.2) is 0 Å². The number of carbonyl (C=O) groups excluding carboxylic acids is 1. The van der Waals surface area contributed by atoms with Gasteiger partial charge in [0.25, 0.3) is 0 Å². The van der Waals surface area contributed by atoms with Crippen LogP contribution < -0.4 is 5.73 Å². The van der Waals surface area contributed by atoms with Crippen molar-refractivity contribution in [2.75, 3.05) is 0 Å². The fraction of sp³-hybridized carbons (Fsp3) is 0.188. The molecule has 3 aromatic rings. The van der Waals surface area contributed by atoms with Gasteiger partial charge >= 0.3 is 0 Å². The maximum absolute atomic E-state index is 11.0. The third kappa shape index (κ3) is 2.71. The number of benzene rings is 1. The Bertz CT molecular complexity index is 872. The number of aryl methyl sites for hydroxylation is 1. The summed E-state index contributed by atoms with van der Waals surface area (Å²) < 4.78 is 2.07. The van der Waals surface area contributed by atoms with Gasteiger partial charge in [0.2, 0.25) is 5.91 Å². The quantitative estimate of drug-likeness (QED) is 0.786. The van der Waals surface area contributed by atoms with Crippen molar-refractivity contribution < 1.29 is 4.79 Å². The zero-order valence-corrected chi connectivity index (χ0v) is 12.6. The van der Waals surface area contributed by atoms with E-state index in [0.29, 0.717) is 13.0 Å². The fourth-order valence-electron chi connectivity index (χ4n) is 2.47. The number of hydrogen-bond acceptors (Lipinski definition) is 4. The minimum absolute atomic E-state index is 0.164. The molecule has 0 aliphatic carbocycles. The Balaban J connectivity index is 2.05. The van der Waals surface area contributed by atoms with Crippen molar-refractivity contribution in [2.24, 2.45) is 5.73 Å². The smallest absolute Gasteiger partial charge is 0.224 e. The first kappa shape index (κ1) is 14.3. The van der Waals surface area contributed by atoms with Crippen molar-refractivity contribution in [2.45, 2.75) is 19.4 Å². The second-order valence-electron chi connectivity index (χ2n) is 4.93. The fourth-order valence-corrected chi connectivity index (χ4v) is 3.28. The molecule has 0 bridgehead atoms. The topological polar surface area (TPSA) is 84.7 Å². The molecule has 0 fully saturated rings. The molecule has 0 aliphatic heterocycles. The Labute approximate surface area is 131 Å². The van der Waals surface area contributed by atoms with Crippen LogP contribution in [0.4, 0.5) is 0 Å². The minimum Gasteiger partial charge on any atom is -0.369 e. The number of nitriles is 1. The zero-order valence-electron chi connectivity index (χ0n) is 11.8. The molecule has 5 nitrogen and oxygen atoms in total. The number of thiazole rings is 1. The lowest BCUT2D eigenvalue weighted by Gasteiger charge is -2.00. The monoisotopic (exact) mass is 310 g/mol. The molecule has 0 aliphatic rings. The van der Waals surface area contributed by atoms with Gasteiger partial charge in [-0.1, -0.05) is 18.2 Å². The van der Waals surface area contributed by atoms with E-state index < -0.39 is 0 Å². The van der Waals surface area contributed by atoms with Crippen LogP contribution in [-0.2, 0) is 17.8 Å².